The molecule has 0 aliphatic carbocycles. The van der Waals surface area contributed by atoms with Crippen molar-refractivity contribution in [1.82, 2.24) is 9.21 Å². The Morgan fingerprint density at radius 3 is 2.22 bits per heavy atom. The highest BCUT2D eigenvalue weighted by Crippen LogP contribution is 2.21. The molecular formula is C19H22FN3O2S2. The van der Waals surface area contributed by atoms with E-state index in [9.17, 15) is 12.8 Å². The molecule has 2 aromatic rings. The number of nitrogens with one attached hydrogen (secondary N) is 1. The van der Waals surface area contributed by atoms with Gasteiger partial charge in [0.15, 0.2) is 5.11 Å². The lowest BCUT2D eigenvalue weighted by molar-refractivity contribution is 0.268. The van der Waals surface area contributed by atoms with Gasteiger partial charge in [-0.2, -0.15) is 4.31 Å². The second-order valence-electron chi connectivity index (χ2n) is 6.63. The Kier molecular flexibility index (Phi) is 5.78. The number of halogens is 1. The number of benzene rings is 2. The lowest BCUT2D eigenvalue weighted by Crippen LogP contribution is -2.51. The molecule has 0 bridgehead atoms. The Balaban J connectivity index is 1.64. The maximum absolute atomic E-state index is 13.9. The van der Waals surface area contributed by atoms with Crippen LogP contribution < -0.4 is 5.32 Å². The molecule has 5 nitrogen and oxygen atoms in total. The molecule has 144 valence electrons. The molecule has 0 spiro atoms. The molecule has 1 fully saturated rings. The molecule has 1 N–H and O–H groups in total. The fourth-order valence-corrected chi connectivity index (χ4v) is 4.96. The second kappa shape index (κ2) is 7.92. The van der Waals surface area contributed by atoms with Gasteiger partial charge in [0.25, 0.3) is 0 Å². The molecule has 27 heavy (non-hydrogen) atoms. The largest absolute Gasteiger partial charge is 0.346 e. The summed E-state index contributed by atoms with van der Waals surface area (Å²) in [6.45, 7) is 5.45. The van der Waals surface area contributed by atoms with Gasteiger partial charge in [0, 0.05) is 31.9 Å². The van der Waals surface area contributed by atoms with E-state index in [1.165, 1.54) is 22.5 Å². The highest BCUT2D eigenvalue weighted by atomic mass is 32.2. The van der Waals surface area contributed by atoms with Crippen LogP contribution in [0.4, 0.5) is 10.1 Å². The van der Waals surface area contributed by atoms with Gasteiger partial charge < -0.3 is 10.2 Å². The molecule has 1 saturated heterocycles. The van der Waals surface area contributed by atoms with Crippen molar-refractivity contribution in [2.45, 2.75) is 18.7 Å². The van der Waals surface area contributed by atoms with E-state index in [0.29, 0.717) is 18.2 Å². The fourth-order valence-electron chi connectivity index (χ4n) is 3.17. The zero-order chi connectivity index (χ0) is 19.6. The summed E-state index contributed by atoms with van der Waals surface area (Å²) in [6, 6.07) is 11.6. The number of nitrogens with zero attached hydrogens (tertiary/aromatic N) is 2. The Hall–Kier alpha value is -2.03. The van der Waals surface area contributed by atoms with Crippen LogP contribution in [-0.2, 0) is 10.0 Å². The number of thiocarbonyl (C=S) groups is 1. The van der Waals surface area contributed by atoms with Crippen LogP contribution in [0.1, 0.15) is 11.1 Å². The van der Waals surface area contributed by atoms with E-state index < -0.39 is 15.8 Å². The maximum atomic E-state index is 13.9. The van der Waals surface area contributed by atoms with Gasteiger partial charge in [-0.25, -0.2) is 12.8 Å². The monoisotopic (exact) mass is 407 g/mol. The highest BCUT2D eigenvalue weighted by molar-refractivity contribution is 7.89. The molecule has 3 rings (SSSR count). The molecule has 0 saturated carbocycles. The number of hydrogen-bond donors (Lipinski definition) is 1. The SMILES string of the molecule is Cc1cc(C)cc(NC(=S)N2CCN(S(=O)(=O)c3ccccc3F)CC2)c1. The van der Waals surface area contributed by atoms with Gasteiger partial charge in [-0.15, -0.1) is 0 Å². The lowest BCUT2D eigenvalue weighted by atomic mass is 10.1. The predicted octanol–water partition coefficient (Wildman–Crippen LogP) is 3.15. The van der Waals surface area contributed by atoms with Crippen LogP contribution in [0.2, 0.25) is 0 Å². The minimum atomic E-state index is -3.84. The minimum absolute atomic E-state index is 0.255. The molecule has 0 radical (unpaired) electrons. The molecule has 1 aliphatic heterocycles. The zero-order valence-corrected chi connectivity index (χ0v) is 16.9. The fraction of sp³-hybridized carbons (Fsp3) is 0.316. The second-order valence-corrected chi connectivity index (χ2v) is 8.92. The molecule has 0 atom stereocenters. The van der Waals surface area contributed by atoms with Crippen LogP contribution in [0.15, 0.2) is 47.4 Å². The first kappa shape index (κ1) is 19.7. The smallest absolute Gasteiger partial charge is 0.246 e. The van der Waals surface area contributed by atoms with Crippen molar-refractivity contribution in [3.63, 3.8) is 0 Å². The van der Waals surface area contributed by atoms with Crippen molar-refractivity contribution in [2.24, 2.45) is 0 Å². The van der Waals surface area contributed by atoms with Gasteiger partial charge in [0.05, 0.1) is 0 Å². The molecule has 8 heteroatoms. The Labute approximate surface area is 164 Å². The molecule has 1 aliphatic rings. The van der Waals surface area contributed by atoms with E-state index >= 15 is 0 Å². The number of hydrogen-bond acceptors (Lipinski definition) is 3. The average Bonchev–Trinajstić information content (AvgIpc) is 2.61. The first-order valence-electron chi connectivity index (χ1n) is 8.66. The molecule has 0 aromatic heterocycles. The van der Waals surface area contributed by atoms with Crippen LogP contribution >= 0.6 is 12.2 Å². The van der Waals surface area contributed by atoms with Crippen LogP contribution in [0.3, 0.4) is 0 Å². The van der Waals surface area contributed by atoms with Gasteiger partial charge >= 0.3 is 0 Å². The summed E-state index contributed by atoms with van der Waals surface area (Å²) in [5.41, 5.74) is 3.20. The van der Waals surface area contributed by atoms with E-state index in [1.807, 2.05) is 30.9 Å². The minimum Gasteiger partial charge on any atom is -0.346 e. The number of anilines is 1. The third-order valence-electron chi connectivity index (χ3n) is 4.45. The van der Waals surface area contributed by atoms with E-state index in [-0.39, 0.29) is 18.0 Å². The van der Waals surface area contributed by atoms with Gasteiger partial charge in [-0.3, -0.25) is 0 Å². The summed E-state index contributed by atoms with van der Waals surface area (Å²) in [7, 11) is -3.84. The Morgan fingerprint density at radius 1 is 1.04 bits per heavy atom. The van der Waals surface area contributed by atoms with Gasteiger partial charge in [-0.1, -0.05) is 18.2 Å². The van der Waals surface area contributed by atoms with Crippen molar-refractivity contribution in [3.8, 4) is 0 Å². The Morgan fingerprint density at radius 2 is 1.63 bits per heavy atom. The molecule has 0 amide bonds. The number of aryl methyl sites for hydroxylation is 2. The summed E-state index contributed by atoms with van der Waals surface area (Å²) in [5.74, 6) is -0.730. The summed E-state index contributed by atoms with van der Waals surface area (Å²) in [4.78, 5) is 1.65. The zero-order valence-electron chi connectivity index (χ0n) is 15.3. The molecular weight excluding hydrogens is 385 g/mol. The van der Waals surface area contributed by atoms with E-state index in [4.69, 9.17) is 12.2 Å². The summed E-state index contributed by atoms with van der Waals surface area (Å²) < 4.78 is 40.6. The highest BCUT2D eigenvalue weighted by Gasteiger charge is 2.31. The van der Waals surface area contributed by atoms with Crippen molar-refractivity contribution in [2.75, 3.05) is 31.5 Å². The molecule has 2 aromatic carbocycles. The summed E-state index contributed by atoms with van der Waals surface area (Å²) in [5, 5.41) is 3.78. The van der Waals surface area contributed by atoms with Crippen molar-refractivity contribution >= 4 is 33.0 Å². The van der Waals surface area contributed by atoms with Crippen LogP contribution in [0.25, 0.3) is 0 Å². The van der Waals surface area contributed by atoms with E-state index in [1.54, 1.807) is 0 Å². The quantitative estimate of drug-likeness (QED) is 0.793. The Bertz CT molecular complexity index is 935. The number of rotatable bonds is 3. The third kappa shape index (κ3) is 4.45. The van der Waals surface area contributed by atoms with Crippen LogP contribution in [0, 0.1) is 19.7 Å². The first-order valence-corrected chi connectivity index (χ1v) is 10.5. The topological polar surface area (TPSA) is 52.6 Å². The maximum Gasteiger partial charge on any atom is 0.246 e. The summed E-state index contributed by atoms with van der Waals surface area (Å²) in [6.07, 6.45) is 0. The number of piperazine rings is 1. The predicted molar refractivity (Wildman–Crippen MR) is 109 cm³/mol. The first-order chi connectivity index (χ1) is 12.8. The van der Waals surface area contributed by atoms with Crippen molar-refractivity contribution in [1.29, 1.82) is 0 Å². The molecule has 0 unspecified atom stereocenters. The van der Waals surface area contributed by atoms with Gasteiger partial charge in [0.1, 0.15) is 10.7 Å². The van der Waals surface area contributed by atoms with E-state index in [2.05, 4.69) is 11.4 Å². The summed E-state index contributed by atoms with van der Waals surface area (Å²) >= 11 is 5.48. The average molecular weight is 408 g/mol. The van der Waals surface area contributed by atoms with Gasteiger partial charge in [-0.05, 0) is 61.5 Å². The normalized spacial score (nSPS) is 15.6. The molecule has 1 heterocycles. The van der Waals surface area contributed by atoms with Gasteiger partial charge in [0.2, 0.25) is 10.0 Å². The van der Waals surface area contributed by atoms with Crippen molar-refractivity contribution in [3.05, 3.63) is 59.4 Å². The van der Waals surface area contributed by atoms with Crippen LogP contribution in [-0.4, -0.2) is 48.9 Å². The standard InChI is InChI=1S/C19H22FN3O2S2/c1-14-11-15(2)13-16(12-14)21-19(26)22-7-9-23(10-8-22)27(24,25)18-6-4-3-5-17(18)20/h3-6,11-13H,7-10H2,1-2H3,(H,21,26). The third-order valence-corrected chi connectivity index (χ3v) is 6.75. The number of sulfonamides is 1. The lowest BCUT2D eigenvalue weighted by Gasteiger charge is -2.35. The van der Waals surface area contributed by atoms with E-state index in [0.717, 1.165) is 22.9 Å². The van der Waals surface area contributed by atoms with Crippen molar-refractivity contribution < 1.29 is 12.8 Å². The van der Waals surface area contributed by atoms with Crippen LogP contribution in [0.5, 0.6) is 0 Å².